The summed E-state index contributed by atoms with van der Waals surface area (Å²) in [6, 6.07) is 9.80. The number of nitrogens with zero attached hydrogens (tertiary/aromatic N) is 2. The number of anilines is 1. The number of carboxylic acid groups (broad SMARTS) is 1. The number of fused-ring (bicyclic) bond motifs is 5. The van der Waals surface area contributed by atoms with Crippen molar-refractivity contribution in [3.63, 3.8) is 0 Å². The minimum Gasteiger partial charge on any atom is -0.481 e. The van der Waals surface area contributed by atoms with Crippen LogP contribution in [0.3, 0.4) is 0 Å². The lowest BCUT2D eigenvalue weighted by Gasteiger charge is -2.30. The summed E-state index contributed by atoms with van der Waals surface area (Å²) >= 11 is 1.83. The molecule has 402 valence electrons. The van der Waals surface area contributed by atoms with Crippen molar-refractivity contribution >= 4 is 75.0 Å². The highest BCUT2D eigenvalue weighted by Crippen LogP contribution is 2.51. The smallest absolute Gasteiger partial charge is 0.303 e. The van der Waals surface area contributed by atoms with Crippen LogP contribution < -0.4 is 20.9 Å². The number of aliphatic carboxylic acids is 1. The molecule has 3 aliphatic heterocycles. The van der Waals surface area contributed by atoms with E-state index in [1.807, 2.05) is 42.5 Å². The maximum Gasteiger partial charge on any atom is 0.303 e. The summed E-state index contributed by atoms with van der Waals surface area (Å²) < 4.78 is 46.8. The molecule has 2 atom stereocenters. The number of nitrogens with one attached hydrogen (secondary N) is 3. The minimum absolute atomic E-state index is 0.0681. The monoisotopic (exact) mass is 1070 g/mol. The number of carbonyl (C=O) groups excluding carboxylic acids is 3. The van der Waals surface area contributed by atoms with Crippen LogP contribution >= 0.6 is 24.1 Å². The highest BCUT2D eigenvalue weighted by molar-refractivity contribution is 7.94. The van der Waals surface area contributed by atoms with Gasteiger partial charge in [0.25, 0.3) is 10.1 Å². The topological polar surface area (TPSA) is 263 Å². The summed E-state index contributed by atoms with van der Waals surface area (Å²) in [4.78, 5) is 53.2. The second-order valence-electron chi connectivity index (χ2n) is 19.2. The molecule has 2 aromatic carbocycles. The summed E-state index contributed by atoms with van der Waals surface area (Å²) in [6.07, 6.45) is 19.2. The quantitative estimate of drug-likeness (QED) is 0.0195. The van der Waals surface area contributed by atoms with Crippen molar-refractivity contribution in [3.8, 4) is 0 Å². The van der Waals surface area contributed by atoms with E-state index in [2.05, 4.69) is 66.7 Å². The number of allylic oxidation sites excluding steroid dienone is 6. The Morgan fingerprint density at radius 3 is 2.38 bits per heavy atom. The molecule has 0 saturated carbocycles. The predicted molar refractivity (Wildman–Crippen MR) is 279 cm³/mol. The van der Waals surface area contributed by atoms with Gasteiger partial charge in [-0.3, -0.25) is 23.7 Å². The fourth-order valence-corrected chi connectivity index (χ4v) is 11.1. The molecule has 3 heterocycles. The molecule has 0 aromatic heterocycles. The van der Waals surface area contributed by atoms with Gasteiger partial charge in [-0.25, -0.2) is 10.5 Å². The van der Waals surface area contributed by atoms with Crippen LogP contribution in [0.2, 0.25) is 0 Å². The third-order valence-corrected chi connectivity index (χ3v) is 15.6. The maximum atomic E-state index is 13.4. The fourth-order valence-electron chi connectivity index (χ4n) is 9.80. The van der Waals surface area contributed by atoms with Crippen LogP contribution in [0, 0.1) is 0 Å². The Hall–Kier alpha value is -4.62. The summed E-state index contributed by atoms with van der Waals surface area (Å²) in [6.45, 7) is 8.27. The fraction of sp³-hybridized carbons (Fsp3) is 0.549. The molecule has 19 nitrogen and oxygen atoms in total. The van der Waals surface area contributed by atoms with E-state index in [1.54, 1.807) is 12.1 Å². The second kappa shape index (κ2) is 29.5. The van der Waals surface area contributed by atoms with Gasteiger partial charge in [0, 0.05) is 103 Å². The van der Waals surface area contributed by atoms with Gasteiger partial charge in [-0.05, 0) is 127 Å². The predicted octanol–water partition coefficient (Wildman–Crippen LogP) is 9.03. The van der Waals surface area contributed by atoms with Crippen molar-refractivity contribution < 1.29 is 71.1 Å². The molecule has 5 rings (SSSR count). The molecule has 0 saturated heterocycles. The molecule has 0 spiro atoms. The van der Waals surface area contributed by atoms with E-state index in [9.17, 15) is 32.1 Å². The van der Waals surface area contributed by atoms with Gasteiger partial charge in [-0.15, -0.1) is 8.67 Å². The molecular weight excluding hydrogens is 1000 g/mol. The molecule has 3 aliphatic rings. The highest BCUT2D eigenvalue weighted by Gasteiger charge is 2.45. The SMILES string of the molecule is CC1(C)C2=[N+](CCCCCC(=O)NC(C(=O)NCCCCCC(=O)O)CCCCNC(=O)CCCCCC3(C)C(=CC=CC=C2)N(CCCSOOO)c2ccc(S(=O)(=O)O)cc23)c2ccc(SOOO)cc21. The van der Waals surface area contributed by atoms with Crippen LogP contribution in [0.5, 0.6) is 0 Å². The molecule has 73 heavy (non-hydrogen) atoms. The van der Waals surface area contributed by atoms with Gasteiger partial charge in [-0.2, -0.15) is 13.0 Å². The molecule has 0 bridgehead atoms. The molecule has 2 unspecified atom stereocenters. The first-order valence-corrected chi connectivity index (χ1v) is 28.1. The summed E-state index contributed by atoms with van der Waals surface area (Å²) in [5.41, 5.74) is 4.36. The lowest BCUT2D eigenvalue weighted by Crippen LogP contribution is -2.47. The van der Waals surface area contributed by atoms with Crippen molar-refractivity contribution in [2.45, 2.75) is 157 Å². The first-order chi connectivity index (χ1) is 35.0. The van der Waals surface area contributed by atoms with E-state index in [0.717, 1.165) is 75.7 Å². The van der Waals surface area contributed by atoms with Gasteiger partial charge in [0.15, 0.2) is 5.71 Å². The number of carbonyl (C=O) groups is 4. The highest BCUT2D eigenvalue weighted by atomic mass is 32.2. The van der Waals surface area contributed by atoms with Gasteiger partial charge >= 0.3 is 5.97 Å². The minimum atomic E-state index is -4.53. The molecule has 0 radical (unpaired) electrons. The lowest BCUT2D eigenvalue weighted by atomic mass is 9.77. The lowest BCUT2D eigenvalue weighted by molar-refractivity contribution is -0.438. The Bertz CT molecular complexity index is 2450. The van der Waals surface area contributed by atoms with Crippen molar-refractivity contribution in [2.24, 2.45) is 0 Å². The first-order valence-electron chi connectivity index (χ1n) is 25.1. The third kappa shape index (κ3) is 17.5. The summed E-state index contributed by atoms with van der Waals surface area (Å²) in [5, 5.41) is 43.0. The van der Waals surface area contributed by atoms with Crippen LogP contribution in [0.25, 0.3) is 0 Å². The van der Waals surface area contributed by atoms with E-state index in [0.29, 0.717) is 115 Å². The number of carboxylic acids is 1. The molecule has 2 aromatic rings. The average molecular weight is 1080 g/mol. The molecular formula is C51H72N5O14S3+. The zero-order valence-electron chi connectivity index (χ0n) is 42.0. The summed E-state index contributed by atoms with van der Waals surface area (Å²) in [5.74, 6) is -0.992. The van der Waals surface area contributed by atoms with Gasteiger partial charge in [0.05, 0.1) is 22.4 Å². The third-order valence-electron chi connectivity index (χ3n) is 13.6. The maximum absolute atomic E-state index is 13.4. The molecule has 7 N–H and O–H groups in total. The van der Waals surface area contributed by atoms with Crippen molar-refractivity contribution in [3.05, 3.63) is 83.6 Å². The first kappa shape index (κ1) is 59.3. The van der Waals surface area contributed by atoms with E-state index in [1.165, 1.54) is 6.07 Å². The molecule has 3 amide bonds. The second-order valence-corrected chi connectivity index (χ2v) is 22.1. The Morgan fingerprint density at radius 2 is 1.63 bits per heavy atom. The van der Waals surface area contributed by atoms with Gasteiger partial charge in [0.2, 0.25) is 23.4 Å². The Labute approximate surface area is 437 Å². The number of hydrogen-bond acceptors (Lipinski definition) is 15. The number of unbranched alkanes of at least 4 members (excludes halogenated alkanes) is 2. The van der Waals surface area contributed by atoms with Crippen LogP contribution in [-0.4, -0.2) is 101 Å². The average Bonchev–Trinajstić information content (AvgIpc) is 3.70. The molecule has 0 aliphatic carbocycles. The Morgan fingerprint density at radius 1 is 0.863 bits per heavy atom. The standard InChI is InChI=1S/C51H71N5O14S3/c1-50(2)39-35-37(72-70-68-63)25-27-42(39)55-32-17-7-11-23-47(58)54-41(49(61)53-31-15-6-12-24-48(59)60)19-13-16-30-52-46(57)22-10-5-14-29-51(3)40-36-38(73(64,65)66)26-28-43(40)56(33-18-34-71-69-67-62)45(51)21-9-4-8-20-44(50)55/h4,8-9,20-21,25-28,35-36,41H,5-7,10-19,22-24,29-34H2,1-3H3,(H6-,52,53,54,57,58,59,60,61,62,63,64,65,66)/p+1. The van der Waals surface area contributed by atoms with E-state index >= 15 is 0 Å². The largest absolute Gasteiger partial charge is 0.481 e. The van der Waals surface area contributed by atoms with E-state index in [-0.39, 0.29) is 35.5 Å². The van der Waals surface area contributed by atoms with Crippen LogP contribution in [0.1, 0.15) is 141 Å². The zero-order valence-corrected chi connectivity index (χ0v) is 44.4. The zero-order chi connectivity index (χ0) is 52.9. The number of rotatable bonds is 17. The number of amides is 3. The van der Waals surface area contributed by atoms with Crippen molar-refractivity contribution in [1.82, 2.24) is 16.0 Å². The van der Waals surface area contributed by atoms with Crippen LogP contribution in [0.4, 0.5) is 11.4 Å². The van der Waals surface area contributed by atoms with Crippen LogP contribution in [0.15, 0.2) is 82.3 Å². The molecule has 22 heteroatoms. The van der Waals surface area contributed by atoms with Gasteiger partial charge < -0.3 is 26.0 Å². The molecule has 0 fully saturated rings. The van der Waals surface area contributed by atoms with E-state index < -0.39 is 33.0 Å². The summed E-state index contributed by atoms with van der Waals surface area (Å²) in [7, 11) is -4.53. The van der Waals surface area contributed by atoms with Crippen LogP contribution in [-0.2, 0) is 58.9 Å². The van der Waals surface area contributed by atoms with Gasteiger partial charge in [0.1, 0.15) is 12.6 Å². The van der Waals surface area contributed by atoms with Crippen molar-refractivity contribution in [1.29, 1.82) is 0 Å². The Kier molecular flexibility index (Phi) is 23.9. The van der Waals surface area contributed by atoms with E-state index in [4.69, 9.17) is 20.0 Å². The number of hydrogen-bond donors (Lipinski definition) is 7. The normalized spacial score (nSPS) is 20.7. The Balaban J connectivity index is 1.44. The van der Waals surface area contributed by atoms with Crippen molar-refractivity contribution in [2.75, 3.05) is 36.8 Å². The number of benzene rings is 2. The van der Waals surface area contributed by atoms with Gasteiger partial charge in [-0.1, -0.05) is 47.6 Å².